The van der Waals surface area contributed by atoms with Gasteiger partial charge in [0.25, 0.3) is 0 Å². The maximum absolute atomic E-state index is 12.6. The molecule has 0 unspecified atom stereocenters. The number of carbonyl (C=O) groups is 2. The second-order valence-electron chi connectivity index (χ2n) is 8.42. The maximum atomic E-state index is 12.6. The molecule has 2 aromatic rings. The van der Waals surface area contributed by atoms with Crippen LogP contribution in [-0.2, 0) is 36.5 Å². The second kappa shape index (κ2) is 12.0. The molecule has 0 spiro atoms. The summed E-state index contributed by atoms with van der Waals surface area (Å²) in [6.07, 6.45) is 1.93. The van der Waals surface area contributed by atoms with E-state index >= 15 is 0 Å². The Hall–Kier alpha value is -2.71. The third kappa shape index (κ3) is 7.98. The number of esters is 1. The standard InChI is InChI=1S/C25H32N2O5S/c1-20-7-9-21(10-8-20)11-12-24(28)26-15-18-32-25(29)23-13-16-27(17-14-23)33(30,31)19-22-5-3-2-4-6-22/h2-10,23H,11-19H2,1H3,(H,26,28). The summed E-state index contributed by atoms with van der Waals surface area (Å²) in [7, 11) is -3.41. The number of piperidine rings is 1. The summed E-state index contributed by atoms with van der Waals surface area (Å²) in [6, 6.07) is 17.2. The zero-order valence-corrected chi connectivity index (χ0v) is 19.9. The molecule has 2 aromatic carbocycles. The van der Waals surface area contributed by atoms with Gasteiger partial charge in [-0.2, -0.15) is 0 Å². The van der Waals surface area contributed by atoms with E-state index in [2.05, 4.69) is 5.32 Å². The van der Waals surface area contributed by atoms with E-state index in [1.165, 1.54) is 9.87 Å². The molecule has 1 aliphatic heterocycles. The molecular weight excluding hydrogens is 440 g/mol. The average molecular weight is 473 g/mol. The third-order valence-electron chi connectivity index (χ3n) is 5.80. The Morgan fingerprint density at radius 1 is 1.00 bits per heavy atom. The van der Waals surface area contributed by atoms with Gasteiger partial charge in [-0.15, -0.1) is 0 Å². The topological polar surface area (TPSA) is 92.8 Å². The quantitative estimate of drug-likeness (QED) is 0.424. The molecule has 1 amide bonds. The van der Waals surface area contributed by atoms with Crippen LogP contribution in [0.15, 0.2) is 54.6 Å². The molecule has 33 heavy (non-hydrogen) atoms. The molecule has 1 fully saturated rings. The van der Waals surface area contributed by atoms with Gasteiger partial charge in [0.1, 0.15) is 6.61 Å². The molecule has 8 heteroatoms. The van der Waals surface area contributed by atoms with Crippen molar-refractivity contribution in [2.75, 3.05) is 26.2 Å². The molecule has 178 valence electrons. The molecule has 0 bridgehead atoms. The van der Waals surface area contributed by atoms with Crippen molar-refractivity contribution in [3.63, 3.8) is 0 Å². The summed E-state index contributed by atoms with van der Waals surface area (Å²) < 4.78 is 32.0. The van der Waals surface area contributed by atoms with Gasteiger partial charge in [-0.3, -0.25) is 9.59 Å². The van der Waals surface area contributed by atoms with E-state index < -0.39 is 10.0 Å². The van der Waals surface area contributed by atoms with Crippen LogP contribution >= 0.6 is 0 Å². The van der Waals surface area contributed by atoms with Crippen LogP contribution < -0.4 is 5.32 Å². The molecule has 0 aromatic heterocycles. The van der Waals surface area contributed by atoms with Gasteiger partial charge in [-0.25, -0.2) is 12.7 Å². The van der Waals surface area contributed by atoms with E-state index in [-0.39, 0.29) is 36.7 Å². The molecule has 0 radical (unpaired) electrons. The highest BCUT2D eigenvalue weighted by atomic mass is 32.2. The first-order valence-corrected chi connectivity index (χ1v) is 12.9. The number of nitrogens with one attached hydrogen (secondary N) is 1. The van der Waals surface area contributed by atoms with Crippen molar-refractivity contribution >= 4 is 21.9 Å². The number of nitrogens with zero attached hydrogens (tertiary/aromatic N) is 1. The van der Waals surface area contributed by atoms with Crippen molar-refractivity contribution in [2.24, 2.45) is 5.92 Å². The summed E-state index contributed by atoms with van der Waals surface area (Å²) in [5.41, 5.74) is 3.05. The minimum absolute atomic E-state index is 0.0352. The van der Waals surface area contributed by atoms with Crippen LogP contribution in [0.5, 0.6) is 0 Å². The fraction of sp³-hybridized carbons (Fsp3) is 0.440. The summed E-state index contributed by atoms with van der Waals surface area (Å²) in [5.74, 6) is -0.759. The maximum Gasteiger partial charge on any atom is 0.309 e. The van der Waals surface area contributed by atoms with Gasteiger partial charge < -0.3 is 10.1 Å². The predicted molar refractivity (Wildman–Crippen MR) is 127 cm³/mol. The normalized spacial score (nSPS) is 15.2. The third-order valence-corrected chi connectivity index (χ3v) is 7.65. The lowest BCUT2D eigenvalue weighted by molar-refractivity contribution is -0.150. The Balaban J connectivity index is 1.31. The molecule has 0 aliphatic carbocycles. The van der Waals surface area contributed by atoms with Crippen LogP contribution in [0.1, 0.15) is 36.0 Å². The van der Waals surface area contributed by atoms with E-state index in [0.717, 1.165) is 11.1 Å². The number of carbonyl (C=O) groups excluding carboxylic acids is 2. The Morgan fingerprint density at radius 2 is 1.67 bits per heavy atom. The Morgan fingerprint density at radius 3 is 2.33 bits per heavy atom. The van der Waals surface area contributed by atoms with Gasteiger partial charge in [0, 0.05) is 19.5 Å². The predicted octanol–water partition coefficient (Wildman–Crippen LogP) is 2.83. The molecule has 3 rings (SSSR count). The molecule has 1 saturated heterocycles. The molecule has 7 nitrogen and oxygen atoms in total. The molecule has 1 N–H and O–H groups in total. The van der Waals surface area contributed by atoms with Crippen LogP contribution in [0.2, 0.25) is 0 Å². The largest absolute Gasteiger partial charge is 0.464 e. The van der Waals surface area contributed by atoms with Crippen LogP contribution in [0, 0.1) is 12.8 Å². The molecule has 0 saturated carbocycles. The highest BCUT2D eigenvalue weighted by Gasteiger charge is 2.31. The van der Waals surface area contributed by atoms with Crippen LogP contribution in [0.25, 0.3) is 0 Å². The first kappa shape index (κ1) is 24.9. The van der Waals surface area contributed by atoms with E-state index in [1.807, 2.05) is 49.4 Å². The number of ether oxygens (including phenoxy) is 1. The number of sulfonamides is 1. The van der Waals surface area contributed by atoms with Crippen molar-refractivity contribution < 1.29 is 22.7 Å². The number of rotatable bonds is 10. The summed E-state index contributed by atoms with van der Waals surface area (Å²) in [4.78, 5) is 24.3. The fourth-order valence-corrected chi connectivity index (χ4v) is 5.37. The fourth-order valence-electron chi connectivity index (χ4n) is 3.81. The number of aryl methyl sites for hydroxylation is 2. The van der Waals surface area contributed by atoms with Gasteiger partial charge in [0.15, 0.2) is 0 Å². The van der Waals surface area contributed by atoms with E-state index in [1.54, 1.807) is 12.1 Å². The first-order chi connectivity index (χ1) is 15.8. The summed E-state index contributed by atoms with van der Waals surface area (Å²) in [6.45, 7) is 3.02. The van der Waals surface area contributed by atoms with E-state index in [0.29, 0.717) is 38.8 Å². The van der Waals surface area contributed by atoms with Crippen LogP contribution in [-0.4, -0.2) is 50.8 Å². The Bertz CT molecular complexity index is 1010. The summed E-state index contributed by atoms with van der Waals surface area (Å²) in [5, 5.41) is 2.77. The Kier molecular flexibility index (Phi) is 9.03. The highest BCUT2D eigenvalue weighted by molar-refractivity contribution is 7.88. The number of hydrogen-bond acceptors (Lipinski definition) is 5. The number of amides is 1. The van der Waals surface area contributed by atoms with Crippen molar-refractivity contribution in [2.45, 2.75) is 38.4 Å². The van der Waals surface area contributed by atoms with Crippen molar-refractivity contribution in [3.05, 3.63) is 71.3 Å². The minimum Gasteiger partial charge on any atom is -0.464 e. The SMILES string of the molecule is Cc1ccc(CCC(=O)NCCOC(=O)C2CCN(S(=O)(=O)Cc3ccccc3)CC2)cc1. The van der Waals surface area contributed by atoms with E-state index in [9.17, 15) is 18.0 Å². The lowest BCUT2D eigenvalue weighted by Gasteiger charge is -2.30. The minimum atomic E-state index is -3.41. The number of hydrogen-bond donors (Lipinski definition) is 1. The zero-order chi connectivity index (χ0) is 23.7. The smallest absolute Gasteiger partial charge is 0.309 e. The van der Waals surface area contributed by atoms with Gasteiger partial charge in [0.2, 0.25) is 15.9 Å². The van der Waals surface area contributed by atoms with Crippen LogP contribution in [0.3, 0.4) is 0 Å². The Labute approximate surface area is 196 Å². The lowest BCUT2D eigenvalue weighted by atomic mass is 9.98. The van der Waals surface area contributed by atoms with Crippen molar-refractivity contribution in [1.82, 2.24) is 9.62 Å². The zero-order valence-electron chi connectivity index (χ0n) is 19.0. The average Bonchev–Trinajstić information content (AvgIpc) is 2.82. The van der Waals surface area contributed by atoms with Gasteiger partial charge >= 0.3 is 5.97 Å². The monoisotopic (exact) mass is 472 g/mol. The van der Waals surface area contributed by atoms with Crippen LogP contribution in [0.4, 0.5) is 0 Å². The van der Waals surface area contributed by atoms with Crippen molar-refractivity contribution in [1.29, 1.82) is 0 Å². The van der Waals surface area contributed by atoms with Crippen molar-refractivity contribution in [3.8, 4) is 0 Å². The second-order valence-corrected chi connectivity index (χ2v) is 10.4. The van der Waals surface area contributed by atoms with E-state index in [4.69, 9.17) is 4.74 Å². The molecular formula is C25H32N2O5S. The van der Waals surface area contributed by atoms with Gasteiger partial charge in [-0.1, -0.05) is 60.2 Å². The molecule has 1 heterocycles. The summed E-state index contributed by atoms with van der Waals surface area (Å²) >= 11 is 0. The molecule has 0 atom stereocenters. The van der Waals surface area contributed by atoms with Gasteiger partial charge in [0.05, 0.1) is 18.2 Å². The first-order valence-electron chi connectivity index (χ1n) is 11.3. The highest BCUT2D eigenvalue weighted by Crippen LogP contribution is 2.22. The van der Waals surface area contributed by atoms with Gasteiger partial charge in [-0.05, 0) is 37.3 Å². The molecule has 1 aliphatic rings. The number of benzene rings is 2. The lowest BCUT2D eigenvalue weighted by Crippen LogP contribution is -2.41.